The average molecular weight is 1660 g/mol. The molecular formula is C93H111N14O13P. The number of benzene rings is 6. The fourth-order valence-electron chi connectivity index (χ4n) is 14.5. The number of nitrogens with one attached hydrogen (secondary N) is 2. The number of hydrogen-bond donors (Lipinski definition) is 10. The highest BCUT2D eigenvalue weighted by Crippen LogP contribution is 2.41. The van der Waals surface area contributed by atoms with E-state index in [1.807, 2.05) is 55.2 Å². The molecule has 0 aliphatic carbocycles. The number of para-hydroxylation sites is 1. The van der Waals surface area contributed by atoms with Crippen LogP contribution in [-0.4, -0.2) is 139 Å². The number of amides is 2. The Balaban J connectivity index is 0.000000191. The highest BCUT2D eigenvalue weighted by molar-refractivity contribution is 7.46. The number of rotatable bonds is 42. The summed E-state index contributed by atoms with van der Waals surface area (Å²) in [6, 6.07) is 34.6. The number of nitrogens with zero attached hydrogens (tertiary/aromatic N) is 9. The molecule has 0 aliphatic heterocycles. The number of imidazole rings is 3. The number of nitrogen functional groups attached to an aromatic ring is 3. The van der Waals surface area contributed by atoms with E-state index in [1.54, 1.807) is 37.3 Å². The summed E-state index contributed by atoms with van der Waals surface area (Å²) in [5.74, 6) is 9.34. The molecule has 27 nitrogen and oxygen atoms in total. The van der Waals surface area contributed by atoms with Crippen LogP contribution in [0.25, 0.3) is 65.8 Å². The number of terminal acetylenes is 3. The van der Waals surface area contributed by atoms with E-state index in [-0.39, 0.29) is 23.0 Å². The second-order valence-electron chi connectivity index (χ2n) is 30.1. The first kappa shape index (κ1) is 91.2. The Bertz CT molecular complexity index is 5810. The normalized spacial score (nSPS) is 11.4. The lowest BCUT2D eigenvalue weighted by Crippen LogP contribution is -2.23. The van der Waals surface area contributed by atoms with Gasteiger partial charge in [-0.05, 0) is 209 Å². The van der Waals surface area contributed by atoms with Crippen LogP contribution in [0.1, 0.15) is 173 Å². The van der Waals surface area contributed by atoms with Crippen molar-refractivity contribution in [2.75, 3.05) is 69.9 Å². The summed E-state index contributed by atoms with van der Waals surface area (Å²) in [6.07, 6.45) is 32.1. The highest BCUT2D eigenvalue weighted by Gasteiger charge is 2.25. The van der Waals surface area contributed by atoms with Gasteiger partial charge in [-0.25, -0.2) is 34.5 Å². The molecule has 6 heterocycles. The fourth-order valence-corrected chi connectivity index (χ4v) is 15.0. The molecule has 0 saturated carbocycles. The molecule has 0 unspecified atom stereocenters. The van der Waals surface area contributed by atoms with E-state index < -0.39 is 19.6 Å². The minimum Gasteiger partial charge on any atom is -0.508 e. The van der Waals surface area contributed by atoms with Crippen molar-refractivity contribution in [1.29, 1.82) is 0 Å². The largest absolute Gasteiger partial charge is 0.524 e. The van der Waals surface area contributed by atoms with E-state index >= 15 is 0 Å². The third kappa shape index (κ3) is 25.2. The molecule has 0 fully saturated rings. The number of aromatic nitrogens is 9. The number of phosphoric ester groups is 1. The molecule has 6 aromatic heterocycles. The predicted octanol–water partition coefficient (Wildman–Crippen LogP) is 14.4. The lowest BCUT2D eigenvalue weighted by atomic mass is 10.1. The Morgan fingerprint density at radius 2 is 0.843 bits per heavy atom. The molecule has 0 aliphatic rings. The van der Waals surface area contributed by atoms with E-state index in [1.165, 1.54) is 11.6 Å². The van der Waals surface area contributed by atoms with Crippen LogP contribution in [0.3, 0.4) is 0 Å². The molecule has 0 saturated heterocycles. The first-order chi connectivity index (χ1) is 58.4. The van der Waals surface area contributed by atoms with Gasteiger partial charge in [0, 0.05) is 113 Å². The summed E-state index contributed by atoms with van der Waals surface area (Å²) in [6.45, 7) is 16.1. The molecule has 0 spiro atoms. The number of hydrogen-bond acceptors (Lipinski definition) is 20. The SMILES string of the molecule is C#CC(=O)CCCCOCCCc1ccc2nc(N)c3nc(CCCC)n(Cc4ccc(O)c(C)c4)c3c2c1.C#CC(=O)NCCCOCCCc1ccc2nc(N)c3nc(CCCC)n(Cc4ccc(OP(=O)(O)O)c(C)c4)c3c2c1.C#CC(=O)NCCCOCCCc1ccc2nc(N)c3nc(CCCC)n(Cc4cccc(O)c4O)c3c2c1. The number of phosphoric acid groups is 1. The van der Waals surface area contributed by atoms with Gasteiger partial charge in [-0.2, -0.15) is 0 Å². The van der Waals surface area contributed by atoms with E-state index in [0.29, 0.717) is 137 Å². The summed E-state index contributed by atoms with van der Waals surface area (Å²) in [4.78, 5) is 80.5. The average Bonchev–Trinajstić information content (AvgIpc) is 1.62. The monoisotopic (exact) mass is 1660 g/mol. The van der Waals surface area contributed by atoms with E-state index in [4.69, 9.17) is 70.2 Å². The summed E-state index contributed by atoms with van der Waals surface area (Å²) in [7, 11) is -4.66. The van der Waals surface area contributed by atoms with Crippen LogP contribution in [0, 0.1) is 50.9 Å². The number of anilines is 3. The summed E-state index contributed by atoms with van der Waals surface area (Å²) in [5, 5.41) is 38.8. The van der Waals surface area contributed by atoms with Crippen LogP contribution < -0.4 is 32.4 Å². The van der Waals surface area contributed by atoms with Crippen LogP contribution >= 0.6 is 7.82 Å². The lowest BCUT2D eigenvalue weighted by Gasteiger charge is -2.14. The van der Waals surface area contributed by atoms with Gasteiger partial charge < -0.3 is 75.6 Å². The van der Waals surface area contributed by atoms with Gasteiger partial charge in [0.25, 0.3) is 11.8 Å². The molecule has 636 valence electrons. The molecule has 0 bridgehead atoms. The maximum Gasteiger partial charge on any atom is 0.524 e. The van der Waals surface area contributed by atoms with Crippen LogP contribution in [0.15, 0.2) is 109 Å². The Kier molecular flexibility index (Phi) is 33.8. The summed E-state index contributed by atoms with van der Waals surface area (Å²) >= 11 is 0. The van der Waals surface area contributed by atoms with Gasteiger partial charge in [0.05, 0.1) is 39.6 Å². The van der Waals surface area contributed by atoms with Crippen molar-refractivity contribution in [3.8, 4) is 60.0 Å². The quantitative estimate of drug-likeness (QED) is 0.00558. The zero-order valence-corrected chi connectivity index (χ0v) is 70.6. The fraction of sp³-hybridized carbons (Fsp3) is 0.387. The molecule has 28 heteroatoms. The molecule has 6 aromatic carbocycles. The zero-order chi connectivity index (χ0) is 86.5. The van der Waals surface area contributed by atoms with Crippen LogP contribution in [0.2, 0.25) is 0 Å². The van der Waals surface area contributed by atoms with Crippen molar-refractivity contribution >= 4 is 109 Å². The van der Waals surface area contributed by atoms with Gasteiger partial charge in [-0.15, -0.1) is 19.3 Å². The van der Waals surface area contributed by atoms with Crippen molar-refractivity contribution in [1.82, 2.24) is 54.2 Å². The third-order valence-electron chi connectivity index (χ3n) is 20.8. The second kappa shape index (κ2) is 44.8. The Morgan fingerprint density at radius 1 is 0.446 bits per heavy atom. The van der Waals surface area contributed by atoms with Crippen molar-refractivity contribution in [2.24, 2.45) is 0 Å². The van der Waals surface area contributed by atoms with Gasteiger partial charge >= 0.3 is 7.82 Å². The molecule has 121 heavy (non-hydrogen) atoms. The smallest absolute Gasteiger partial charge is 0.508 e. The topological polar surface area (TPSA) is 401 Å². The minimum atomic E-state index is -4.66. The van der Waals surface area contributed by atoms with Gasteiger partial charge in [0.2, 0.25) is 5.78 Å². The van der Waals surface area contributed by atoms with E-state index in [2.05, 4.69) is 102 Å². The van der Waals surface area contributed by atoms with Gasteiger partial charge in [-0.3, -0.25) is 24.2 Å². The Morgan fingerprint density at radius 3 is 1.24 bits per heavy atom. The van der Waals surface area contributed by atoms with Crippen molar-refractivity contribution in [3.05, 3.63) is 171 Å². The summed E-state index contributed by atoms with van der Waals surface area (Å²) in [5.41, 5.74) is 34.0. The Hall–Kier alpha value is -12.1. The van der Waals surface area contributed by atoms with Crippen molar-refractivity contribution in [2.45, 2.75) is 183 Å². The number of unbranched alkanes of at least 4 members (excludes halogenated alkanes) is 4. The number of ether oxygens (including phenoxy) is 3. The van der Waals surface area contributed by atoms with Gasteiger partial charge in [0.15, 0.2) is 29.0 Å². The van der Waals surface area contributed by atoms with E-state index in [9.17, 15) is 44.1 Å². The number of aryl methyl sites for hydroxylation is 8. The zero-order valence-electron chi connectivity index (χ0n) is 69.8. The van der Waals surface area contributed by atoms with Gasteiger partial charge in [0.1, 0.15) is 45.5 Å². The number of pyridine rings is 3. The highest BCUT2D eigenvalue weighted by atomic mass is 31.2. The predicted molar refractivity (Wildman–Crippen MR) is 476 cm³/mol. The van der Waals surface area contributed by atoms with E-state index in [0.717, 1.165) is 209 Å². The number of aromatic hydroxyl groups is 3. The number of nitrogens with two attached hydrogens (primary N) is 3. The van der Waals surface area contributed by atoms with Crippen molar-refractivity contribution < 1.29 is 62.8 Å². The molecule has 2 amide bonds. The summed E-state index contributed by atoms with van der Waals surface area (Å²) < 4.78 is 39.9. The molecule has 13 N–H and O–H groups in total. The number of phenolic OH excluding ortho intramolecular Hbond substituents is 3. The minimum absolute atomic E-state index is 0.133. The first-order valence-electron chi connectivity index (χ1n) is 41.5. The number of Topliss-reactive ketones (excluding diaryl/α,β-unsaturated/α-hetero) is 1. The van der Waals surface area contributed by atoms with Gasteiger partial charge in [-0.1, -0.05) is 94.6 Å². The molecule has 0 radical (unpaired) electrons. The molecular weight excluding hydrogens is 1550 g/mol. The van der Waals surface area contributed by atoms with Crippen LogP contribution in [0.4, 0.5) is 17.5 Å². The van der Waals surface area contributed by atoms with Crippen LogP contribution in [0.5, 0.6) is 23.0 Å². The Labute approximate surface area is 705 Å². The molecule has 12 aromatic rings. The number of ketones is 1. The number of fused-ring (bicyclic) bond motifs is 9. The van der Waals surface area contributed by atoms with Crippen molar-refractivity contribution in [3.63, 3.8) is 0 Å². The number of carbonyl (C=O) groups is 3. The standard InChI is InChI=1S/C32H38N4O3.C31H38N5O6P.C30H35N5O4/c1-4-6-12-29-35-30-31(36(29)21-24-14-16-28(38)22(3)19-24)26-20-23(13-15-27(26)34-32(30)33)10-9-18-39-17-8-7-11-25(37)5-2;1-4-6-10-27-35-29-30(36(27)20-23-12-14-26(21(3)18-23)42-43(38,39)40)24-19-22(11-13-25(24)34-31(29)32)9-7-16-41-17-8-15-33-28(37)5-2;1-3-5-12-25-34-27-28(35(25)19-21-10-6-11-24(36)29(21)38)22-18-20(13-14-23(22)33-30(27)31)9-7-16-39-17-8-15-32-26(37)4-2/h2,13-16,19-20,38H,4,6-12,17-18,21H2,1,3H3,(H2,33,34);2,11-14,18-19H,4,6-10,15-17,20H2,1,3H3,(H2,32,34)(H,33,37)(H2,38,39,40);2,6,10-11,13-14,18,36,38H,3,5,7-9,12,15-17,19H2,1H3,(H2,31,33)(H,32,37). The maximum absolute atomic E-state index is 11.4. The first-order valence-corrected chi connectivity index (χ1v) is 43.0. The molecule has 0 atom stereocenters. The number of phenols is 3. The number of carbonyl (C=O) groups excluding carboxylic acids is 3. The lowest BCUT2D eigenvalue weighted by molar-refractivity contribution is -0.116. The second-order valence-corrected chi connectivity index (χ2v) is 31.2. The maximum atomic E-state index is 11.4. The molecule has 12 rings (SSSR count). The third-order valence-corrected chi connectivity index (χ3v) is 21.2. The van der Waals surface area contributed by atoms with Crippen LogP contribution in [-0.2, 0) is 91.3 Å².